The standard InChI is InChI=1S/C35H36N4O6S/c1-3-12-37-34(41)28-9-7-23(31(38-28)35(42)43-2)24-17-29-26(32-22(10-13-44-29)11-14-46-32)16-25(24)33(40)39-27-8-6-21(18-36)15-30(27)45-19-20-4-5-20/h6-9,11,14-17,20H,3-5,10,12-13,18-19,36H2,1-2H3,(H,37,41)(H,39,40). The number of rotatable bonds is 11. The Morgan fingerprint density at radius 2 is 1.89 bits per heavy atom. The van der Waals surface area contributed by atoms with Crippen LogP contribution in [0.5, 0.6) is 11.5 Å². The van der Waals surface area contributed by atoms with Crippen molar-refractivity contribution < 1.29 is 28.6 Å². The van der Waals surface area contributed by atoms with E-state index in [1.807, 2.05) is 24.4 Å². The van der Waals surface area contributed by atoms with Gasteiger partial charge in [0.25, 0.3) is 11.8 Å². The van der Waals surface area contributed by atoms with Crippen molar-refractivity contribution in [1.82, 2.24) is 10.3 Å². The van der Waals surface area contributed by atoms with Gasteiger partial charge in [-0.15, -0.1) is 11.3 Å². The maximum atomic E-state index is 14.3. The smallest absolute Gasteiger partial charge is 0.357 e. The first-order chi connectivity index (χ1) is 22.4. The van der Waals surface area contributed by atoms with Gasteiger partial charge < -0.3 is 30.6 Å². The minimum atomic E-state index is -0.740. The van der Waals surface area contributed by atoms with Crippen molar-refractivity contribution in [3.05, 3.63) is 82.0 Å². The number of carbonyl (C=O) groups excluding carboxylic acids is 3. The first-order valence-electron chi connectivity index (χ1n) is 15.4. The molecule has 0 atom stereocenters. The number of methoxy groups -OCH3 is 1. The number of esters is 1. The van der Waals surface area contributed by atoms with Gasteiger partial charge in [0.1, 0.15) is 17.2 Å². The minimum Gasteiger partial charge on any atom is -0.493 e. The molecule has 0 bridgehead atoms. The zero-order chi connectivity index (χ0) is 32.2. The molecule has 1 saturated carbocycles. The van der Waals surface area contributed by atoms with Gasteiger partial charge in [0.15, 0.2) is 5.69 Å². The Labute approximate surface area is 271 Å². The Morgan fingerprint density at radius 3 is 2.65 bits per heavy atom. The van der Waals surface area contributed by atoms with Crippen molar-refractivity contribution in [2.75, 3.05) is 32.2 Å². The summed E-state index contributed by atoms with van der Waals surface area (Å²) in [4.78, 5) is 45.6. The molecule has 0 saturated heterocycles. The van der Waals surface area contributed by atoms with Crippen LogP contribution >= 0.6 is 11.3 Å². The first-order valence-corrected chi connectivity index (χ1v) is 16.3. The summed E-state index contributed by atoms with van der Waals surface area (Å²) < 4.78 is 17.4. The molecule has 6 rings (SSSR count). The molecular formula is C35H36N4O6S. The van der Waals surface area contributed by atoms with E-state index in [2.05, 4.69) is 21.7 Å². The van der Waals surface area contributed by atoms with Crippen LogP contribution in [0.25, 0.3) is 21.6 Å². The van der Waals surface area contributed by atoms with Gasteiger partial charge in [-0.3, -0.25) is 9.59 Å². The largest absolute Gasteiger partial charge is 0.493 e. The zero-order valence-corrected chi connectivity index (χ0v) is 26.6. The van der Waals surface area contributed by atoms with Crippen LogP contribution in [-0.4, -0.2) is 49.6 Å². The summed E-state index contributed by atoms with van der Waals surface area (Å²) in [5.41, 5.74) is 10.2. The lowest BCUT2D eigenvalue weighted by Gasteiger charge is -2.18. The quantitative estimate of drug-likeness (QED) is 0.174. The fraction of sp³-hybridized carbons (Fsp3) is 0.314. The highest BCUT2D eigenvalue weighted by molar-refractivity contribution is 7.13. The first kappa shape index (κ1) is 31.3. The second kappa shape index (κ2) is 13.7. The van der Waals surface area contributed by atoms with E-state index in [1.54, 1.807) is 35.6 Å². The number of ether oxygens (including phenoxy) is 3. The number of benzene rings is 2. The van der Waals surface area contributed by atoms with E-state index in [0.29, 0.717) is 60.5 Å². The maximum Gasteiger partial charge on any atom is 0.357 e. The SMILES string of the molecule is CCCNC(=O)c1ccc(-c2cc3c(cc2C(=O)Nc2ccc(CN)cc2OCC2CC2)-c2sccc2CCO3)c(C(=O)OC)n1. The van der Waals surface area contributed by atoms with Gasteiger partial charge in [-0.2, -0.15) is 0 Å². The van der Waals surface area contributed by atoms with Gasteiger partial charge in [-0.25, -0.2) is 9.78 Å². The summed E-state index contributed by atoms with van der Waals surface area (Å²) in [6.07, 6.45) is 3.71. The molecule has 0 spiro atoms. The molecule has 2 aromatic carbocycles. The fourth-order valence-electron chi connectivity index (χ4n) is 5.31. The zero-order valence-electron chi connectivity index (χ0n) is 25.8. The molecule has 4 aromatic rings. The van der Waals surface area contributed by atoms with Crippen LogP contribution < -0.4 is 25.8 Å². The number of aromatic nitrogens is 1. The van der Waals surface area contributed by atoms with Crippen molar-refractivity contribution in [1.29, 1.82) is 0 Å². The van der Waals surface area contributed by atoms with Crippen LogP contribution in [0.1, 0.15) is 68.6 Å². The summed E-state index contributed by atoms with van der Waals surface area (Å²) >= 11 is 1.58. The van der Waals surface area contributed by atoms with Crippen LogP contribution in [0.4, 0.5) is 5.69 Å². The van der Waals surface area contributed by atoms with E-state index >= 15 is 0 Å². The number of amides is 2. The topological polar surface area (TPSA) is 142 Å². The summed E-state index contributed by atoms with van der Waals surface area (Å²) in [7, 11) is 1.25. The van der Waals surface area contributed by atoms with Gasteiger partial charge in [0.2, 0.25) is 0 Å². The Morgan fingerprint density at radius 1 is 1.04 bits per heavy atom. The lowest BCUT2D eigenvalue weighted by molar-refractivity contribution is 0.0594. The number of nitrogens with one attached hydrogen (secondary N) is 2. The molecule has 3 heterocycles. The average molecular weight is 641 g/mol. The number of fused-ring (bicyclic) bond motifs is 3. The highest BCUT2D eigenvalue weighted by Gasteiger charge is 2.28. The van der Waals surface area contributed by atoms with E-state index in [-0.39, 0.29) is 17.0 Å². The molecule has 46 heavy (non-hydrogen) atoms. The molecule has 10 nitrogen and oxygen atoms in total. The van der Waals surface area contributed by atoms with Crippen LogP contribution in [-0.2, 0) is 17.7 Å². The molecule has 1 aliphatic heterocycles. The number of anilines is 1. The van der Waals surface area contributed by atoms with Gasteiger partial charge >= 0.3 is 5.97 Å². The van der Waals surface area contributed by atoms with Crippen molar-refractivity contribution in [2.45, 2.75) is 39.2 Å². The molecule has 11 heteroatoms. The Kier molecular flexibility index (Phi) is 9.32. The third kappa shape index (κ3) is 6.61. The molecule has 4 N–H and O–H groups in total. The summed E-state index contributed by atoms with van der Waals surface area (Å²) in [6, 6.07) is 14.3. The molecule has 2 aromatic heterocycles. The highest BCUT2D eigenvalue weighted by atomic mass is 32.1. The summed E-state index contributed by atoms with van der Waals surface area (Å²) in [6.45, 7) is 3.76. The van der Waals surface area contributed by atoms with E-state index < -0.39 is 17.8 Å². The lowest BCUT2D eigenvalue weighted by Crippen LogP contribution is -2.26. The maximum absolute atomic E-state index is 14.3. The molecule has 1 fully saturated rings. The van der Waals surface area contributed by atoms with Crippen molar-refractivity contribution >= 4 is 34.8 Å². The Balaban J connectivity index is 1.47. The van der Waals surface area contributed by atoms with Gasteiger partial charge in [-0.05, 0) is 84.2 Å². The molecule has 1 aliphatic carbocycles. The molecule has 238 valence electrons. The highest BCUT2D eigenvalue weighted by Crippen LogP contribution is 2.43. The molecule has 2 aliphatic rings. The number of nitrogens with zero attached hydrogens (tertiary/aromatic N) is 1. The van der Waals surface area contributed by atoms with Gasteiger partial charge in [-0.1, -0.05) is 13.0 Å². The minimum absolute atomic E-state index is 0.0651. The van der Waals surface area contributed by atoms with E-state index in [4.69, 9.17) is 19.9 Å². The third-order valence-corrected chi connectivity index (χ3v) is 9.01. The van der Waals surface area contributed by atoms with E-state index in [0.717, 1.165) is 47.3 Å². The van der Waals surface area contributed by atoms with Crippen molar-refractivity contribution in [3.8, 4) is 33.1 Å². The molecular weight excluding hydrogens is 604 g/mol. The van der Waals surface area contributed by atoms with Crippen molar-refractivity contribution in [3.63, 3.8) is 0 Å². The fourth-order valence-corrected chi connectivity index (χ4v) is 6.29. The van der Waals surface area contributed by atoms with Crippen molar-refractivity contribution in [2.24, 2.45) is 11.7 Å². The van der Waals surface area contributed by atoms with Crippen LogP contribution in [0.2, 0.25) is 0 Å². The van der Waals surface area contributed by atoms with Crippen LogP contribution in [0.15, 0.2) is 53.9 Å². The average Bonchev–Trinajstić information content (AvgIpc) is 3.84. The molecule has 0 unspecified atom stereocenters. The van der Waals surface area contributed by atoms with E-state index in [9.17, 15) is 14.4 Å². The number of nitrogens with two attached hydrogens (primary N) is 1. The summed E-state index contributed by atoms with van der Waals surface area (Å²) in [5, 5.41) is 7.85. The number of hydrogen-bond donors (Lipinski definition) is 3. The number of hydrogen-bond acceptors (Lipinski definition) is 9. The molecule has 2 amide bonds. The normalized spacial score (nSPS) is 13.5. The van der Waals surface area contributed by atoms with E-state index in [1.165, 1.54) is 13.2 Å². The number of pyridine rings is 1. The van der Waals surface area contributed by atoms with Crippen LogP contribution in [0, 0.1) is 5.92 Å². The Bertz CT molecular complexity index is 1800. The molecule has 0 radical (unpaired) electrons. The predicted molar refractivity (Wildman–Crippen MR) is 177 cm³/mol. The van der Waals surface area contributed by atoms with Crippen LogP contribution in [0.3, 0.4) is 0 Å². The monoisotopic (exact) mass is 640 g/mol. The lowest BCUT2D eigenvalue weighted by atomic mass is 9.93. The second-order valence-corrected chi connectivity index (χ2v) is 12.3. The number of thiophene rings is 1. The summed E-state index contributed by atoms with van der Waals surface area (Å²) in [5.74, 6) is 0.0644. The van der Waals surface area contributed by atoms with Gasteiger partial charge in [0.05, 0.1) is 26.0 Å². The number of carbonyl (C=O) groups is 3. The second-order valence-electron chi connectivity index (χ2n) is 11.4. The van der Waals surface area contributed by atoms with Gasteiger partial charge in [0, 0.05) is 46.6 Å². The Hall–Kier alpha value is -4.74. The third-order valence-electron chi connectivity index (χ3n) is 8.02. The predicted octanol–water partition coefficient (Wildman–Crippen LogP) is 5.84.